The molecule has 0 unspecified atom stereocenters. The second-order valence-corrected chi connectivity index (χ2v) is 4.12. The van der Waals surface area contributed by atoms with Gasteiger partial charge in [0.1, 0.15) is 11.3 Å². The van der Waals surface area contributed by atoms with E-state index in [1.165, 1.54) is 5.56 Å². The molecule has 90 valence electrons. The van der Waals surface area contributed by atoms with Gasteiger partial charge >= 0.3 is 0 Å². The van der Waals surface area contributed by atoms with Crippen molar-refractivity contribution >= 4 is 10.9 Å². The maximum absolute atomic E-state index is 5.33. The standard InChI is InChI=1S/C14H18N2O/c1-10-11(7-8-15-2)9-12-5-4-6-13(17-3)14(12)16-10/h4-6,9,15H,7-8H2,1-3H3. The third kappa shape index (κ3) is 2.39. The van der Waals surface area contributed by atoms with Crippen molar-refractivity contribution in [1.82, 2.24) is 10.3 Å². The van der Waals surface area contributed by atoms with Crippen LogP contribution in [0.25, 0.3) is 10.9 Å². The molecule has 0 spiro atoms. The maximum Gasteiger partial charge on any atom is 0.145 e. The number of rotatable bonds is 4. The second kappa shape index (κ2) is 5.15. The van der Waals surface area contributed by atoms with Crippen molar-refractivity contribution in [2.24, 2.45) is 0 Å². The molecule has 0 saturated heterocycles. The Morgan fingerprint density at radius 2 is 2.18 bits per heavy atom. The van der Waals surface area contributed by atoms with Crippen LogP contribution in [0.1, 0.15) is 11.3 Å². The van der Waals surface area contributed by atoms with Gasteiger partial charge in [-0.2, -0.15) is 0 Å². The molecular formula is C14H18N2O. The minimum Gasteiger partial charge on any atom is -0.494 e. The van der Waals surface area contributed by atoms with Gasteiger partial charge in [0.2, 0.25) is 0 Å². The van der Waals surface area contributed by atoms with Crippen LogP contribution >= 0.6 is 0 Å². The quantitative estimate of drug-likeness (QED) is 0.875. The third-order valence-electron chi connectivity index (χ3n) is 2.97. The Balaban J connectivity index is 2.50. The number of nitrogens with zero attached hydrogens (tertiary/aromatic N) is 1. The molecule has 3 heteroatoms. The zero-order valence-corrected chi connectivity index (χ0v) is 10.6. The summed E-state index contributed by atoms with van der Waals surface area (Å²) in [5.74, 6) is 0.839. The van der Waals surface area contributed by atoms with E-state index in [0.717, 1.165) is 35.3 Å². The SMILES string of the molecule is CNCCc1cc2cccc(OC)c2nc1C. The first-order valence-electron chi connectivity index (χ1n) is 5.84. The lowest BCUT2D eigenvalue weighted by Crippen LogP contribution is -2.11. The van der Waals surface area contributed by atoms with Crippen molar-refractivity contribution in [2.75, 3.05) is 20.7 Å². The summed E-state index contributed by atoms with van der Waals surface area (Å²) in [7, 11) is 3.65. The number of pyridine rings is 1. The fourth-order valence-corrected chi connectivity index (χ4v) is 1.98. The van der Waals surface area contributed by atoms with Crippen molar-refractivity contribution < 1.29 is 4.74 Å². The molecule has 0 bridgehead atoms. The summed E-state index contributed by atoms with van der Waals surface area (Å²) in [6.45, 7) is 3.02. The minimum absolute atomic E-state index is 0.839. The summed E-state index contributed by atoms with van der Waals surface area (Å²) in [5.41, 5.74) is 3.32. The van der Waals surface area contributed by atoms with E-state index in [-0.39, 0.29) is 0 Å². The largest absolute Gasteiger partial charge is 0.494 e. The van der Waals surface area contributed by atoms with Crippen LogP contribution in [0.2, 0.25) is 0 Å². The molecule has 1 N–H and O–H groups in total. The van der Waals surface area contributed by atoms with Crippen LogP contribution in [-0.2, 0) is 6.42 Å². The third-order valence-corrected chi connectivity index (χ3v) is 2.97. The van der Waals surface area contributed by atoms with Crippen LogP contribution in [0, 0.1) is 6.92 Å². The number of aryl methyl sites for hydroxylation is 1. The minimum atomic E-state index is 0.839. The zero-order valence-electron chi connectivity index (χ0n) is 10.6. The van der Waals surface area contributed by atoms with Crippen LogP contribution in [0.15, 0.2) is 24.3 Å². The van der Waals surface area contributed by atoms with Crippen molar-refractivity contribution in [2.45, 2.75) is 13.3 Å². The molecule has 0 aliphatic carbocycles. The summed E-state index contributed by atoms with van der Waals surface area (Å²) in [6, 6.07) is 8.23. The first-order chi connectivity index (χ1) is 8.26. The highest BCUT2D eigenvalue weighted by Crippen LogP contribution is 2.25. The number of aromatic nitrogens is 1. The summed E-state index contributed by atoms with van der Waals surface area (Å²) in [4.78, 5) is 4.65. The monoisotopic (exact) mass is 230 g/mol. The molecule has 2 aromatic rings. The van der Waals surface area contributed by atoms with E-state index >= 15 is 0 Å². The normalized spacial score (nSPS) is 10.8. The molecule has 1 heterocycles. The van der Waals surface area contributed by atoms with Gasteiger partial charge in [-0.05, 0) is 44.6 Å². The summed E-state index contributed by atoms with van der Waals surface area (Å²) >= 11 is 0. The van der Waals surface area contributed by atoms with Crippen molar-refractivity contribution in [1.29, 1.82) is 0 Å². The van der Waals surface area contributed by atoms with Crippen LogP contribution in [-0.4, -0.2) is 25.7 Å². The van der Waals surface area contributed by atoms with Crippen molar-refractivity contribution in [3.05, 3.63) is 35.5 Å². The van der Waals surface area contributed by atoms with Gasteiger partial charge in [-0.15, -0.1) is 0 Å². The molecule has 0 saturated carbocycles. The molecule has 0 radical (unpaired) electrons. The van der Waals surface area contributed by atoms with Crippen molar-refractivity contribution in [3.63, 3.8) is 0 Å². The Morgan fingerprint density at radius 3 is 2.88 bits per heavy atom. The van der Waals surface area contributed by atoms with Gasteiger partial charge in [-0.1, -0.05) is 12.1 Å². The lowest BCUT2D eigenvalue weighted by atomic mass is 10.1. The number of benzene rings is 1. The van der Waals surface area contributed by atoms with Crippen LogP contribution in [0.3, 0.4) is 0 Å². The number of ether oxygens (including phenoxy) is 1. The Hall–Kier alpha value is -1.61. The Kier molecular flexibility index (Phi) is 3.59. The van der Waals surface area contributed by atoms with E-state index in [0.29, 0.717) is 0 Å². The fourth-order valence-electron chi connectivity index (χ4n) is 1.98. The number of nitrogens with one attached hydrogen (secondary N) is 1. The number of likely N-dealkylation sites (N-methyl/N-ethyl adjacent to an activating group) is 1. The van der Waals surface area contributed by atoms with E-state index in [1.54, 1.807) is 7.11 Å². The van der Waals surface area contributed by atoms with Gasteiger partial charge in [0, 0.05) is 11.1 Å². The van der Waals surface area contributed by atoms with E-state index in [4.69, 9.17) is 4.74 Å². The van der Waals surface area contributed by atoms with Gasteiger partial charge in [0.25, 0.3) is 0 Å². The number of fused-ring (bicyclic) bond motifs is 1. The molecule has 3 nitrogen and oxygen atoms in total. The van der Waals surface area contributed by atoms with Gasteiger partial charge in [-0.25, -0.2) is 4.98 Å². The molecule has 2 rings (SSSR count). The molecule has 0 aliphatic rings. The number of methoxy groups -OCH3 is 1. The summed E-state index contributed by atoms with van der Waals surface area (Å²) in [6.07, 6.45) is 1.00. The zero-order chi connectivity index (χ0) is 12.3. The van der Waals surface area contributed by atoms with E-state index in [2.05, 4.69) is 29.4 Å². The highest BCUT2D eigenvalue weighted by Gasteiger charge is 2.06. The van der Waals surface area contributed by atoms with Gasteiger partial charge in [0.15, 0.2) is 0 Å². The fraction of sp³-hybridized carbons (Fsp3) is 0.357. The average molecular weight is 230 g/mol. The average Bonchev–Trinajstić information content (AvgIpc) is 2.35. The van der Waals surface area contributed by atoms with E-state index < -0.39 is 0 Å². The Bertz CT molecular complexity index is 523. The molecule has 0 fully saturated rings. The predicted molar refractivity (Wildman–Crippen MR) is 70.7 cm³/mol. The first kappa shape index (κ1) is 11.9. The maximum atomic E-state index is 5.33. The van der Waals surface area contributed by atoms with Gasteiger partial charge in [-0.3, -0.25) is 0 Å². The van der Waals surface area contributed by atoms with Crippen LogP contribution in [0.4, 0.5) is 0 Å². The lowest BCUT2D eigenvalue weighted by molar-refractivity contribution is 0.419. The Morgan fingerprint density at radius 1 is 1.35 bits per heavy atom. The van der Waals surface area contributed by atoms with Gasteiger partial charge < -0.3 is 10.1 Å². The second-order valence-electron chi connectivity index (χ2n) is 4.12. The number of hydrogen-bond donors (Lipinski definition) is 1. The van der Waals surface area contributed by atoms with Crippen LogP contribution < -0.4 is 10.1 Å². The lowest BCUT2D eigenvalue weighted by Gasteiger charge is -2.09. The predicted octanol–water partition coefficient (Wildman–Crippen LogP) is 2.31. The first-order valence-corrected chi connectivity index (χ1v) is 5.84. The van der Waals surface area contributed by atoms with Crippen molar-refractivity contribution in [3.8, 4) is 5.75 Å². The topological polar surface area (TPSA) is 34.1 Å². The molecular weight excluding hydrogens is 212 g/mol. The van der Waals surface area contributed by atoms with Crippen LogP contribution in [0.5, 0.6) is 5.75 Å². The highest BCUT2D eigenvalue weighted by molar-refractivity contribution is 5.85. The smallest absolute Gasteiger partial charge is 0.145 e. The summed E-state index contributed by atoms with van der Waals surface area (Å²) in [5, 5.41) is 4.30. The van der Waals surface area contributed by atoms with E-state index in [9.17, 15) is 0 Å². The molecule has 0 aliphatic heterocycles. The number of hydrogen-bond acceptors (Lipinski definition) is 3. The molecule has 1 aromatic carbocycles. The highest BCUT2D eigenvalue weighted by atomic mass is 16.5. The Labute approximate surface area is 102 Å². The molecule has 0 amide bonds. The number of para-hydroxylation sites is 1. The molecule has 1 aromatic heterocycles. The molecule has 0 atom stereocenters. The van der Waals surface area contributed by atoms with Gasteiger partial charge in [0.05, 0.1) is 7.11 Å². The molecule has 17 heavy (non-hydrogen) atoms. The summed E-state index contributed by atoms with van der Waals surface area (Å²) < 4.78 is 5.33. The van der Waals surface area contributed by atoms with E-state index in [1.807, 2.05) is 19.2 Å².